The zero-order chi connectivity index (χ0) is 33.1. The highest BCUT2D eigenvalue weighted by Crippen LogP contribution is 2.54. The van der Waals surface area contributed by atoms with Crippen molar-refractivity contribution < 1.29 is 36.0 Å². The summed E-state index contributed by atoms with van der Waals surface area (Å²) < 4.78 is 65.4. The molecule has 1 saturated heterocycles. The number of halogens is 4. The average molecular weight is 754 g/mol. The molecule has 3 atom stereocenters. The van der Waals surface area contributed by atoms with Gasteiger partial charge in [0.05, 0.1) is 27.1 Å². The van der Waals surface area contributed by atoms with Crippen molar-refractivity contribution >= 4 is 78.1 Å². The van der Waals surface area contributed by atoms with Crippen molar-refractivity contribution in [1.82, 2.24) is 4.57 Å². The number of aromatic nitrogens is 1. The van der Waals surface area contributed by atoms with Crippen LogP contribution in [-0.4, -0.2) is 36.0 Å². The first-order valence-corrected chi connectivity index (χ1v) is 17.3. The van der Waals surface area contributed by atoms with Gasteiger partial charge >= 0.3 is 11.0 Å². The molecule has 3 heterocycles. The molecular weight excluding hydrogens is 733 g/mol. The highest BCUT2D eigenvalue weighted by Gasteiger charge is 2.57. The van der Waals surface area contributed by atoms with Crippen LogP contribution in [0.1, 0.15) is 21.9 Å². The minimum Gasteiger partial charge on any atom is -0.325 e. The first-order chi connectivity index (χ1) is 21.6. The third-order valence-electron chi connectivity index (χ3n) is 7.46. The smallest absolute Gasteiger partial charge is 0.325 e. The number of alkyl halides is 3. The molecule has 0 radical (unpaired) electrons. The van der Waals surface area contributed by atoms with Crippen molar-refractivity contribution in [2.45, 2.75) is 33.8 Å². The van der Waals surface area contributed by atoms with Crippen molar-refractivity contribution in [2.75, 3.05) is 10.2 Å². The number of anilines is 2. The van der Waals surface area contributed by atoms with E-state index in [9.17, 15) is 40.8 Å². The molecule has 10 nitrogen and oxygen atoms in total. The van der Waals surface area contributed by atoms with Gasteiger partial charge in [-0.25, -0.2) is 18.5 Å². The maximum absolute atomic E-state index is 14.0. The van der Waals surface area contributed by atoms with E-state index in [-0.39, 0.29) is 21.3 Å². The van der Waals surface area contributed by atoms with Gasteiger partial charge in [-0.2, -0.15) is 13.2 Å². The van der Waals surface area contributed by atoms with E-state index in [1.807, 2.05) is 0 Å². The highest BCUT2D eigenvalue weighted by atomic mass is 79.9. The van der Waals surface area contributed by atoms with Crippen molar-refractivity contribution in [1.29, 1.82) is 0 Å². The number of carbonyl (C=O) groups excluding carboxylic acids is 3. The minimum absolute atomic E-state index is 0.159. The van der Waals surface area contributed by atoms with E-state index in [0.717, 1.165) is 46.2 Å². The molecule has 0 saturated carbocycles. The molecule has 0 spiro atoms. The lowest BCUT2D eigenvalue weighted by Crippen LogP contribution is -2.33. The number of amides is 3. The predicted molar refractivity (Wildman–Crippen MR) is 168 cm³/mol. The number of sulfonamides is 1. The van der Waals surface area contributed by atoms with Crippen LogP contribution < -0.4 is 20.2 Å². The maximum atomic E-state index is 14.0. The van der Waals surface area contributed by atoms with Crippen molar-refractivity contribution in [3.63, 3.8) is 0 Å². The molecule has 238 valence electrons. The molecule has 1 fully saturated rings. The summed E-state index contributed by atoms with van der Waals surface area (Å²) in [5, 5.41) is 6.88. The van der Waals surface area contributed by atoms with Crippen LogP contribution in [0.2, 0.25) is 0 Å². The van der Waals surface area contributed by atoms with Gasteiger partial charge in [-0.05, 0) is 60.2 Å². The van der Waals surface area contributed by atoms with Gasteiger partial charge in [-0.1, -0.05) is 57.2 Å². The lowest BCUT2D eigenvalue weighted by Gasteiger charge is -2.30. The number of nitrogens with two attached hydrogens (primary N) is 1. The molecule has 3 N–H and O–H groups in total. The molecule has 4 aromatic rings. The number of benzene rings is 3. The summed E-state index contributed by atoms with van der Waals surface area (Å²) in [4.78, 5) is 54.6. The van der Waals surface area contributed by atoms with Gasteiger partial charge in [0.2, 0.25) is 27.7 Å². The molecule has 2 aliphatic rings. The van der Waals surface area contributed by atoms with Crippen LogP contribution in [0.3, 0.4) is 0 Å². The summed E-state index contributed by atoms with van der Waals surface area (Å²) in [6, 6.07) is 16.0. The quantitative estimate of drug-likeness (QED) is 0.270. The Morgan fingerprint density at radius 1 is 0.978 bits per heavy atom. The van der Waals surface area contributed by atoms with Crippen molar-refractivity contribution in [2.24, 2.45) is 11.1 Å². The fourth-order valence-electron chi connectivity index (χ4n) is 5.46. The number of primary sulfonamides is 1. The van der Waals surface area contributed by atoms with Crippen LogP contribution in [0.25, 0.3) is 0 Å². The Labute approximate surface area is 275 Å². The Balaban J connectivity index is 1.37. The fourth-order valence-corrected chi connectivity index (χ4v) is 9.17. The summed E-state index contributed by atoms with van der Waals surface area (Å²) >= 11 is 5.14. The van der Waals surface area contributed by atoms with Gasteiger partial charge in [0.1, 0.15) is 11.8 Å². The van der Waals surface area contributed by atoms with E-state index in [4.69, 9.17) is 5.14 Å². The number of imide groups is 1. The topological polar surface area (TPSA) is 149 Å². The van der Waals surface area contributed by atoms with E-state index in [2.05, 4.69) is 21.2 Å². The van der Waals surface area contributed by atoms with Crippen LogP contribution in [0.5, 0.6) is 0 Å². The summed E-state index contributed by atoms with van der Waals surface area (Å²) in [6.45, 7) is -0.476. The van der Waals surface area contributed by atoms with Crippen molar-refractivity contribution in [3.05, 3.63) is 103 Å². The van der Waals surface area contributed by atoms with E-state index in [1.54, 1.807) is 24.3 Å². The standard InChI is InChI=1S/C29H20BrF3N4O6S3/c30-16-5-1-3-14(11-16)21-22-23(26(40)37(25(22)39)18-6-2-4-15(12-18)29(31,32)33)44-27-24(21)45-28(41)36(27)13-20(38)35-17-7-9-19(10-8-17)46(34,42)43/h1-12,21-23H,13H2,(H,35,38)(H2,34,42,43)/t21-,22-,23+/m0/s1. The number of carbonyl (C=O) groups is 3. The third-order valence-corrected chi connectivity index (χ3v) is 11.5. The Hall–Kier alpha value is -3.77. The molecule has 2 aliphatic heterocycles. The average Bonchev–Trinajstić information content (AvgIpc) is 3.42. The second-order valence-electron chi connectivity index (χ2n) is 10.4. The third kappa shape index (κ3) is 5.92. The van der Waals surface area contributed by atoms with Gasteiger partial charge in [-0.3, -0.25) is 23.7 Å². The Bertz CT molecular complexity index is 2080. The number of fused-ring (bicyclic) bond motifs is 2. The van der Waals surface area contributed by atoms with Gasteiger partial charge in [0.15, 0.2) is 0 Å². The predicted octanol–water partition coefficient (Wildman–Crippen LogP) is 4.77. The fraction of sp³-hybridized carbons (Fsp3) is 0.172. The Kier molecular flexibility index (Phi) is 8.25. The number of rotatable bonds is 6. The summed E-state index contributed by atoms with van der Waals surface area (Å²) in [6.07, 6.45) is -4.70. The largest absolute Gasteiger partial charge is 0.416 e. The summed E-state index contributed by atoms with van der Waals surface area (Å²) in [5.41, 5.74) is -0.412. The van der Waals surface area contributed by atoms with E-state index in [1.165, 1.54) is 34.9 Å². The molecule has 46 heavy (non-hydrogen) atoms. The first-order valence-electron chi connectivity index (χ1n) is 13.3. The van der Waals surface area contributed by atoms with E-state index < -0.39 is 68.0 Å². The lowest BCUT2D eigenvalue weighted by molar-refractivity contribution is -0.137. The summed E-state index contributed by atoms with van der Waals surface area (Å²) in [7, 11) is -3.95. The zero-order valence-corrected chi connectivity index (χ0v) is 27.1. The number of nitrogens with one attached hydrogen (secondary N) is 1. The molecule has 6 rings (SSSR count). The Morgan fingerprint density at radius 3 is 2.33 bits per heavy atom. The molecule has 0 bridgehead atoms. The van der Waals surface area contributed by atoms with Crippen molar-refractivity contribution in [3.8, 4) is 0 Å². The molecule has 3 amide bonds. The molecule has 0 unspecified atom stereocenters. The number of thiazole rings is 1. The van der Waals surface area contributed by atoms with Crippen LogP contribution in [0.4, 0.5) is 24.5 Å². The normalized spacial score (nSPS) is 19.6. The lowest BCUT2D eigenvalue weighted by atomic mass is 9.83. The second-order valence-corrected chi connectivity index (χ2v) is 15.0. The van der Waals surface area contributed by atoms with E-state index in [0.29, 0.717) is 14.9 Å². The van der Waals surface area contributed by atoms with Crippen LogP contribution in [0, 0.1) is 5.92 Å². The minimum atomic E-state index is -4.70. The Morgan fingerprint density at radius 2 is 1.67 bits per heavy atom. The van der Waals surface area contributed by atoms with Gasteiger partial charge in [-0.15, -0.1) is 0 Å². The monoisotopic (exact) mass is 752 g/mol. The molecule has 0 aliphatic carbocycles. The molecular formula is C29H20BrF3N4O6S3. The van der Waals surface area contributed by atoms with Crippen LogP contribution in [-0.2, 0) is 37.1 Å². The zero-order valence-electron chi connectivity index (χ0n) is 23.0. The van der Waals surface area contributed by atoms with Gasteiger partial charge in [0, 0.05) is 21.0 Å². The number of nitrogens with zero attached hydrogens (tertiary/aromatic N) is 2. The molecule has 17 heteroatoms. The SMILES string of the molecule is NS(=O)(=O)c1ccc(NC(=O)Cn2c3c(sc2=O)[C@@H](c2cccc(Br)c2)[C@@H]2C(=O)N(c4cccc(C(F)(F)F)c4)C(=O)[C@@H]2S3)cc1. The van der Waals surface area contributed by atoms with Crippen LogP contribution >= 0.6 is 39.0 Å². The number of hydrogen-bond donors (Lipinski definition) is 2. The number of thioether (sulfide) groups is 1. The first kappa shape index (κ1) is 32.2. The number of hydrogen-bond acceptors (Lipinski definition) is 8. The summed E-state index contributed by atoms with van der Waals surface area (Å²) in [5.74, 6) is -3.95. The molecule has 3 aromatic carbocycles. The molecule has 1 aromatic heterocycles. The van der Waals surface area contributed by atoms with Gasteiger partial charge < -0.3 is 5.32 Å². The van der Waals surface area contributed by atoms with Crippen LogP contribution in [0.15, 0.2) is 92.0 Å². The maximum Gasteiger partial charge on any atom is 0.416 e. The second kappa shape index (κ2) is 11.8. The highest BCUT2D eigenvalue weighted by molar-refractivity contribution is 9.10. The van der Waals surface area contributed by atoms with Gasteiger partial charge in [0.25, 0.3) is 0 Å². The van der Waals surface area contributed by atoms with E-state index >= 15 is 0 Å².